The highest BCUT2D eigenvalue weighted by atomic mass is 16.3. The van der Waals surface area contributed by atoms with Crippen molar-refractivity contribution in [2.24, 2.45) is 0 Å². The van der Waals surface area contributed by atoms with Gasteiger partial charge in [-0.05, 0) is 83.5 Å². The minimum Gasteiger partial charge on any atom is -0.394 e. The molecule has 3 N–H and O–H groups in total. The molecule has 0 aromatic heterocycles. The summed E-state index contributed by atoms with van der Waals surface area (Å²) in [6.45, 7) is 4.19. The van der Waals surface area contributed by atoms with Crippen molar-refractivity contribution in [3.05, 3.63) is 85.1 Å². The maximum Gasteiger partial charge on any atom is 0.220 e. The predicted molar refractivity (Wildman–Crippen MR) is 285 cm³/mol. The zero-order valence-corrected chi connectivity index (χ0v) is 42.5. The third kappa shape index (κ3) is 50.6. The molecular formula is C60H107NO3. The number of allylic oxidation sites excluding steroid dienone is 13. The predicted octanol–water partition coefficient (Wildman–Crippen LogP) is 18.4. The van der Waals surface area contributed by atoms with Gasteiger partial charge >= 0.3 is 0 Å². The lowest BCUT2D eigenvalue weighted by Crippen LogP contribution is -2.45. The Morgan fingerprint density at radius 2 is 0.703 bits per heavy atom. The van der Waals surface area contributed by atoms with Crippen LogP contribution in [0.1, 0.15) is 271 Å². The Hall–Kier alpha value is -2.43. The first-order valence-corrected chi connectivity index (χ1v) is 27.8. The molecule has 0 fully saturated rings. The first-order valence-electron chi connectivity index (χ1n) is 27.8. The average molecular weight is 891 g/mol. The van der Waals surface area contributed by atoms with Crippen LogP contribution in [0.25, 0.3) is 0 Å². The molecule has 0 heterocycles. The number of nitrogens with one attached hydrogen (secondary N) is 1. The number of rotatable bonds is 50. The monoisotopic (exact) mass is 890 g/mol. The number of unbranched alkanes of at least 4 members (excludes halogenated alkanes) is 31. The van der Waals surface area contributed by atoms with Crippen molar-refractivity contribution in [3.8, 4) is 0 Å². The van der Waals surface area contributed by atoms with Crippen molar-refractivity contribution in [1.29, 1.82) is 0 Å². The lowest BCUT2D eigenvalue weighted by Gasteiger charge is -2.19. The molecule has 0 bridgehead atoms. The Labute approximate surface area is 399 Å². The molecule has 0 radical (unpaired) electrons. The molecule has 0 saturated carbocycles. The van der Waals surface area contributed by atoms with Gasteiger partial charge in [0.05, 0.1) is 18.8 Å². The van der Waals surface area contributed by atoms with Crippen molar-refractivity contribution >= 4 is 5.91 Å². The highest BCUT2D eigenvalue weighted by molar-refractivity contribution is 5.76. The van der Waals surface area contributed by atoms with E-state index in [1.807, 2.05) is 6.08 Å². The first-order chi connectivity index (χ1) is 31.7. The summed E-state index contributed by atoms with van der Waals surface area (Å²) in [5.74, 6) is -0.0839. The molecule has 0 spiro atoms. The van der Waals surface area contributed by atoms with E-state index >= 15 is 0 Å². The summed E-state index contributed by atoms with van der Waals surface area (Å²) < 4.78 is 0. The van der Waals surface area contributed by atoms with E-state index in [4.69, 9.17) is 0 Å². The summed E-state index contributed by atoms with van der Waals surface area (Å²) in [7, 11) is 0. The Kier molecular flexibility index (Phi) is 52.8. The van der Waals surface area contributed by atoms with Crippen LogP contribution < -0.4 is 5.32 Å². The molecule has 4 heteroatoms. The number of aliphatic hydroxyl groups is 2. The number of carbonyl (C=O) groups excluding carboxylic acids is 1. The lowest BCUT2D eigenvalue weighted by atomic mass is 10.0. The summed E-state index contributed by atoms with van der Waals surface area (Å²) >= 11 is 0. The number of hydrogen-bond donors (Lipinski definition) is 3. The minimum absolute atomic E-state index is 0.0839. The molecule has 370 valence electrons. The second-order valence-electron chi connectivity index (χ2n) is 18.6. The van der Waals surface area contributed by atoms with Crippen LogP contribution in [0.2, 0.25) is 0 Å². The van der Waals surface area contributed by atoms with Gasteiger partial charge in [0.25, 0.3) is 0 Å². The number of hydrogen-bond acceptors (Lipinski definition) is 3. The van der Waals surface area contributed by atoms with Crippen LogP contribution in [0.15, 0.2) is 85.1 Å². The largest absolute Gasteiger partial charge is 0.394 e. The number of carbonyl (C=O) groups is 1. The lowest BCUT2D eigenvalue weighted by molar-refractivity contribution is -0.123. The van der Waals surface area contributed by atoms with Gasteiger partial charge < -0.3 is 15.5 Å². The van der Waals surface area contributed by atoms with E-state index in [2.05, 4.69) is 92.1 Å². The molecule has 4 nitrogen and oxygen atoms in total. The average Bonchev–Trinajstić information content (AvgIpc) is 3.30. The van der Waals surface area contributed by atoms with Gasteiger partial charge in [-0.1, -0.05) is 266 Å². The van der Waals surface area contributed by atoms with E-state index in [0.717, 1.165) is 64.2 Å². The van der Waals surface area contributed by atoms with Gasteiger partial charge in [0.1, 0.15) is 0 Å². The fourth-order valence-electron chi connectivity index (χ4n) is 8.14. The van der Waals surface area contributed by atoms with E-state index in [0.29, 0.717) is 6.42 Å². The molecule has 0 aromatic rings. The van der Waals surface area contributed by atoms with Crippen LogP contribution in [0.5, 0.6) is 0 Å². The zero-order chi connectivity index (χ0) is 46.3. The minimum atomic E-state index is -0.878. The van der Waals surface area contributed by atoms with Gasteiger partial charge in [-0.25, -0.2) is 0 Å². The SMILES string of the molecule is CC/C=C\C/C=C\C/C=C\C/C=C\CCCCCCCCCCCCC(=O)NC(CO)C(O)/C=C/CC/C=C/CC/C=C/CCCCCCCCCCCCCCCCCCCCC. The van der Waals surface area contributed by atoms with Gasteiger partial charge in [0, 0.05) is 6.42 Å². The van der Waals surface area contributed by atoms with Crippen molar-refractivity contribution in [3.63, 3.8) is 0 Å². The molecule has 0 aliphatic rings. The third-order valence-corrected chi connectivity index (χ3v) is 12.3. The van der Waals surface area contributed by atoms with E-state index in [1.165, 1.54) is 186 Å². The Morgan fingerprint density at radius 3 is 1.09 bits per heavy atom. The van der Waals surface area contributed by atoms with E-state index < -0.39 is 12.1 Å². The van der Waals surface area contributed by atoms with Gasteiger partial charge in [0.15, 0.2) is 0 Å². The van der Waals surface area contributed by atoms with Crippen molar-refractivity contribution in [2.75, 3.05) is 6.61 Å². The van der Waals surface area contributed by atoms with Crippen molar-refractivity contribution in [2.45, 2.75) is 283 Å². The maximum atomic E-state index is 12.5. The van der Waals surface area contributed by atoms with Crippen molar-refractivity contribution < 1.29 is 15.0 Å². The van der Waals surface area contributed by atoms with Crippen LogP contribution >= 0.6 is 0 Å². The number of amides is 1. The molecule has 0 aliphatic carbocycles. The highest BCUT2D eigenvalue weighted by Gasteiger charge is 2.17. The Bertz CT molecular complexity index is 1150. The zero-order valence-electron chi connectivity index (χ0n) is 42.5. The van der Waals surface area contributed by atoms with Crippen LogP contribution in [0.3, 0.4) is 0 Å². The topological polar surface area (TPSA) is 69.6 Å². The van der Waals surface area contributed by atoms with Crippen LogP contribution in [-0.4, -0.2) is 34.9 Å². The molecule has 0 aliphatic heterocycles. The Morgan fingerprint density at radius 1 is 0.391 bits per heavy atom. The molecule has 64 heavy (non-hydrogen) atoms. The standard InChI is InChI=1S/C60H107NO3/c1-3-5-7-9-11-13-15-17-19-21-23-25-27-28-29-30-31-32-34-35-37-39-41-43-45-47-49-51-53-55-59(63)58(57-62)61-60(64)56-54-52-50-48-46-44-42-40-38-36-33-26-24-22-20-18-16-14-12-10-8-6-4-2/h6,8,12,14,18,20,24,26,37,39,45,47,53,55,58-59,62-63H,3-5,7,9-11,13,15-17,19,21-23,25,27-36,38,40-44,46,48-52,54,56-57H2,1-2H3,(H,61,64)/b8-6-,14-12-,20-18-,26-24-,39-37+,47-45+,55-53+. The molecule has 2 atom stereocenters. The number of aliphatic hydroxyl groups excluding tert-OH is 2. The third-order valence-electron chi connectivity index (χ3n) is 12.3. The molecule has 0 saturated heterocycles. The van der Waals surface area contributed by atoms with Gasteiger partial charge in [-0.2, -0.15) is 0 Å². The smallest absolute Gasteiger partial charge is 0.220 e. The van der Waals surface area contributed by atoms with Crippen LogP contribution in [0, 0.1) is 0 Å². The molecular weight excluding hydrogens is 783 g/mol. The summed E-state index contributed by atoms with van der Waals surface area (Å²) in [5, 5.41) is 23.1. The van der Waals surface area contributed by atoms with Crippen LogP contribution in [0.4, 0.5) is 0 Å². The molecule has 2 unspecified atom stereocenters. The quantitative estimate of drug-likeness (QED) is 0.0421. The van der Waals surface area contributed by atoms with E-state index in [-0.39, 0.29) is 12.5 Å². The first kappa shape index (κ1) is 61.6. The van der Waals surface area contributed by atoms with Gasteiger partial charge in [0.2, 0.25) is 5.91 Å². The van der Waals surface area contributed by atoms with E-state index in [1.54, 1.807) is 6.08 Å². The van der Waals surface area contributed by atoms with Crippen molar-refractivity contribution in [1.82, 2.24) is 5.32 Å². The normalized spacial score (nSPS) is 13.5. The Balaban J connectivity index is 3.59. The summed E-state index contributed by atoms with van der Waals surface area (Å²) in [5.41, 5.74) is 0. The highest BCUT2D eigenvalue weighted by Crippen LogP contribution is 2.16. The van der Waals surface area contributed by atoms with E-state index in [9.17, 15) is 15.0 Å². The molecule has 1 amide bonds. The maximum absolute atomic E-state index is 12.5. The molecule has 0 rings (SSSR count). The van der Waals surface area contributed by atoms with Gasteiger partial charge in [-0.3, -0.25) is 4.79 Å². The second kappa shape index (κ2) is 54.9. The fraction of sp³-hybridized carbons (Fsp3) is 0.750. The van der Waals surface area contributed by atoms with Gasteiger partial charge in [-0.15, -0.1) is 0 Å². The summed E-state index contributed by atoms with van der Waals surface area (Å²) in [6.07, 6.45) is 80.3. The summed E-state index contributed by atoms with van der Waals surface area (Å²) in [6, 6.07) is -0.654. The van der Waals surface area contributed by atoms with Crippen LogP contribution in [-0.2, 0) is 4.79 Å². The second-order valence-corrected chi connectivity index (χ2v) is 18.6. The molecule has 0 aromatic carbocycles. The summed E-state index contributed by atoms with van der Waals surface area (Å²) in [4.78, 5) is 12.5. The fourth-order valence-corrected chi connectivity index (χ4v) is 8.14.